The number of β-amino-alcohol motifs (C(OH)–C–C–N with tert-alkyl or cyclic N) is 1. The fraction of sp³-hybridized carbons (Fsp3) is 0.133. The first kappa shape index (κ1) is 16.3. The van der Waals surface area contributed by atoms with Gasteiger partial charge in [-0.05, 0) is 34.1 Å². The Morgan fingerprint density at radius 2 is 2.12 bits per heavy atom. The molecular weight excluding hydrogens is 383 g/mol. The highest BCUT2D eigenvalue weighted by molar-refractivity contribution is 9.10. The molecular formula is C15H12BrFN4O3. The third-order valence-corrected chi connectivity index (χ3v) is 3.77. The Hall–Kier alpha value is -2.52. The molecule has 0 saturated heterocycles. The first-order chi connectivity index (χ1) is 11.5. The molecule has 9 heteroatoms. The van der Waals surface area contributed by atoms with Crippen LogP contribution in [0.4, 0.5) is 10.1 Å². The molecule has 0 spiro atoms. The van der Waals surface area contributed by atoms with Gasteiger partial charge in [-0.1, -0.05) is 0 Å². The molecule has 0 fully saturated rings. The number of hydrogen-bond donors (Lipinski definition) is 2. The molecule has 3 rings (SSSR count). The number of anilines is 1. The van der Waals surface area contributed by atoms with Crippen molar-refractivity contribution in [2.75, 3.05) is 18.5 Å². The van der Waals surface area contributed by atoms with Gasteiger partial charge in [0.2, 0.25) is 0 Å². The van der Waals surface area contributed by atoms with E-state index < -0.39 is 17.6 Å². The minimum atomic E-state index is -0.578. The molecule has 0 radical (unpaired) electrons. The first-order valence-electron chi connectivity index (χ1n) is 6.95. The monoisotopic (exact) mass is 394 g/mol. The molecule has 1 aliphatic rings. The molecule has 0 unspecified atom stereocenters. The second kappa shape index (κ2) is 6.54. The maximum absolute atomic E-state index is 13.6. The van der Waals surface area contributed by atoms with E-state index in [0.717, 1.165) is 15.4 Å². The van der Waals surface area contributed by atoms with E-state index in [0.29, 0.717) is 5.69 Å². The lowest BCUT2D eigenvalue weighted by Crippen LogP contribution is -2.34. The summed E-state index contributed by atoms with van der Waals surface area (Å²) in [6, 6.07) is 3.98. The maximum Gasteiger partial charge on any atom is 0.277 e. The highest BCUT2D eigenvalue weighted by Gasteiger charge is 2.31. The van der Waals surface area contributed by atoms with Crippen molar-refractivity contribution in [3.63, 3.8) is 0 Å². The SMILES string of the molecule is O=C1C=C(Nc2cc(F)ccc2-n2cc(Br)cn2)C(=O)N1CCO. The second-order valence-corrected chi connectivity index (χ2v) is 5.88. The Labute approximate surface area is 144 Å². The second-order valence-electron chi connectivity index (χ2n) is 4.97. The average molecular weight is 395 g/mol. The van der Waals surface area contributed by atoms with E-state index in [9.17, 15) is 14.0 Å². The lowest BCUT2D eigenvalue weighted by Gasteiger charge is -2.15. The highest BCUT2D eigenvalue weighted by Crippen LogP contribution is 2.25. The number of nitrogens with zero attached hydrogens (tertiary/aromatic N) is 3. The molecule has 124 valence electrons. The van der Waals surface area contributed by atoms with Gasteiger partial charge in [0.05, 0.1) is 35.2 Å². The fourth-order valence-electron chi connectivity index (χ4n) is 2.30. The van der Waals surface area contributed by atoms with E-state index in [2.05, 4.69) is 26.3 Å². The number of rotatable bonds is 5. The first-order valence-corrected chi connectivity index (χ1v) is 7.74. The average Bonchev–Trinajstić information content (AvgIpc) is 3.07. The molecule has 1 aromatic carbocycles. The van der Waals surface area contributed by atoms with E-state index in [1.165, 1.54) is 22.9 Å². The van der Waals surface area contributed by atoms with Crippen LogP contribution in [0.15, 0.2) is 46.8 Å². The van der Waals surface area contributed by atoms with Crippen molar-refractivity contribution in [3.8, 4) is 5.69 Å². The number of aliphatic hydroxyl groups excluding tert-OH is 1. The Kier molecular flexibility index (Phi) is 4.45. The summed E-state index contributed by atoms with van der Waals surface area (Å²) in [6.07, 6.45) is 4.36. The maximum atomic E-state index is 13.6. The number of carbonyl (C=O) groups is 2. The van der Waals surface area contributed by atoms with Crippen molar-refractivity contribution in [2.45, 2.75) is 0 Å². The van der Waals surface area contributed by atoms with Crippen molar-refractivity contribution in [1.29, 1.82) is 0 Å². The lowest BCUT2D eigenvalue weighted by molar-refractivity contribution is -0.137. The van der Waals surface area contributed by atoms with Gasteiger partial charge in [-0.25, -0.2) is 9.07 Å². The number of hydrogen-bond acceptors (Lipinski definition) is 5. The van der Waals surface area contributed by atoms with Crippen LogP contribution in [0.5, 0.6) is 0 Å². The van der Waals surface area contributed by atoms with Crippen LogP contribution in [0.1, 0.15) is 0 Å². The summed E-state index contributed by atoms with van der Waals surface area (Å²) in [7, 11) is 0. The van der Waals surface area contributed by atoms with Crippen molar-refractivity contribution in [3.05, 3.63) is 52.7 Å². The summed E-state index contributed by atoms with van der Waals surface area (Å²) in [5.41, 5.74) is 0.791. The van der Waals surface area contributed by atoms with Crippen LogP contribution in [0, 0.1) is 5.82 Å². The third kappa shape index (κ3) is 3.08. The molecule has 24 heavy (non-hydrogen) atoms. The Morgan fingerprint density at radius 3 is 2.79 bits per heavy atom. The Morgan fingerprint density at radius 1 is 1.33 bits per heavy atom. The van der Waals surface area contributed by atoms with Crippen LogP contribution in [0.3, 0.4) is 0 Å². The molecule has 0 bridgehead atoms. The minimum absolute atomic E-state index is 0.00604. The van der Waals surface area contributed by atoms with Gasteiger partial charge in [0.25, 0.3) is 11.8 Å². The standard InChI is InChI=1S/C15H12BrFN4O3/c16-9-7-18-21(8-9)13-2-1-10(17)5-11(13)19-12-6-14(23)20(3-4-22)15(12)24/h1-2,5-8,19,22H,3-4H2. The van der Waals surface area contributed by atoms with Crippen molar-refractivity contribution < 1.29 is 19.1 Å². The summed E-state index contributed by atoms with van der Waals surface area (Å²) in [5, 5.41) is 15.8. The van der Waals surface area contributed by atoms with Crippen LogP contribution < -0.4 is 5.32 Å². The van der Waals surface area contributed by atoms with Gasteiger partial charge in [0.15, 0.2) is 0 Å². The molecule has 1 aliphatic heterocycles. The van der Waals surface area contributed by atoms with Gasteiger partial charge in [0, 0.05) is 12.3 Å². The van der Waals surface area contributed by atoms with Crippen molar-refractivity contribution in [1.82, 2.24) is 14.7 Å². The van der Waals surface area contributed by atoms with E-state index in [4.69, 9.17) is 5.11 Å². The number of imide groups is 1. The Bertz CT molecular complexity index is 849. The molecule has 1 aromatic heterocycles. The topological polar surface area (TPSA) is 87.5 Å². The normalized spacial score (nSPS) is 14.3. The number of benzene rings is 1. The van der Waals surface area contributed by atoms with E-state index >= 15 is 0 Å². The minimum Gasteiger partial charge on any atom is -0.395 e. The molecule has 2 aromatic rings. The van der Waals surface area contributed by atoms with Crippen LogP contribution in [-0.2, 0) is 9.59 Å². The van der Waals surface area contributed by atoms with Crippen LogP contribution in [0.2, 0.25) is 0 Å². The van der Waals surface area contributed by atoms with Crippen LogP contribution in [-0.4, -0.2) is 44.8 Å². The largest absolute Gasteiger partial charge is 0.395 e. The molecule has 0 saturated carbocycles. The summed E-state index contributed by atoms with van der Waals surface area (Å²) >= 11 is 3.28. The summed E-state index contributed by atoms with van der Waals surface area (Å²) < 4.78 is 15.9. The number of carbonyl (C=O) groups excluding carboxylic acids is 2. The number of aliphatic hydroxyl groups is 1. The predicted molar refractivity (Wildman–Crippen MR) is 86.7 cm³/mol. The zero-order valence-electron chi connectivity index (χ0n) is 12.2. The van der Waals surface area contributed by atoms with E-state index in [1.807, 2.05) is 0 Å². The van der Waals surface area contributed by atoms with Gasteiger partial charge >= 0.3 is 0 Å². The number of nitrogens with one attached hydrogen (secondary N) is 1. The Balaban J connectivity index is 1.93. The van der Waals surface area contributed by atoms with E-state index in [-0.39, 0.29) is 24.5 Å². The number of halogens is 2. The molecule has 7 nitrogen and oxygen atoms in total. The van der Waals surface area contributed by atoms with Crippen LogP contribution in [0.25, 0.3) is 5.69 Å². The van der Waals surface area contributed by atoms with Gasteiger partial charge in [0.1, 0.15) is 11.5 Å². The zero-order valence-corrected chi connectivity index (χ0v) is 13.8. The van der Waals surface area contributed by atoms with Gasteiger partial charge in [-0.3, -0.25) is 14.5 Å². The van der Waals surface area contributed by atoms with Crippen LogP contribution >= 0.6 is 15.9 Å². The number of aromatic nitrogens is 2. The third-order valence-electron chi connectivity index (χ3n) is 3.36. The lowest BCUT2D eigenvalue weighted by atomic mass is 10.2. The molecule has 2 amide bonds. The van der Waals surface area contributed by atoms with Crippen molar-refractivity contribution >= 4 is 33.4 Å². The molecule has 0 atom stereocenters. The quantitative estimate of drug-likeness (QED) is 0.749. The molecule has 0 aliphatic carbocycles. The molecule has 2 heterocycles. The van der Waals surface area contributed by atoms with Crippen molar-refractivity contribution in [2.24, 2.45) is 0 Å². The smallest absolute Gasteiger partial charge is 0.277 e. The predicted octanol–water partition coefficient (Wildman–Crippen LogP) is 1.43. The zero-order chi connectivity index (χ0) is 17.3. The van der Waals surface area contributed by atoms with Gasteiger partial charge < -0.3 is 10.4 Å². The molecule has 2 N–H and O–H groups in total. The fourth-order valence-corrected chi connectivity index (χ4v) is 2.58. The summed E-state index contributed by atoms with van der Waals surface area (Å²) in [5.74, 6) is -1.61. The number of amides is 2. The van der Waals surface area contributed by atoms with Gasteiger partial charge in [-0.2, -0.15) is 5.10 Å². The summed E-state index contributed by atoms with van der Waals surface area (Å²) in [6.45, 7) is -0.424. The summed E-state index contributed by atoms with van der Waals surface area (Å²) in [4.78, 5) is 24.9. The highest BCUT2D eigenvalue weighted by atomic mass is 79.9. The van der Waals surface area contributed by atoms with E-state index in [1.54, 1.807) is 12.4 Å². The van der Waals surface area contributed by atoms with Gasteiger partial charge in [-0.15, -0.1) is 0 Å².